The molecule has 0 aliphatic heterocycles. The topological polar surface area (TPSA) is 58.1 Å². The molecule has 9 heteroatoms. The van der Waals surface area contributed by atoms with Gasteiger partial charge in [0.15, 0.2) is 23.3 Å². The minimum atomic E-state index is -1.65. The molecule has 1 amide bonds. The van der Waals surface area contributed by atoms with E-state index in [4.69, 9.17) is 0 Å². The third kappa shape index (κ3) is 4.35. The normalized spacial score (nSPS) is 10.0. The minimum Gasteiger partial charge on any atom is -0.364 e. The van der Waals surface area contributed by atoms with E-state index >= 15 is 0 Å². The Hall–Kier alpha value is -3.13. The van der Waals surface area contributed by atoms with Crippen LogP contribution in [-0.2, 0) is 11.3 Å². The molecule has 3 aromatic rings. The molecule has 0 unspecified atom stereocenters. The zero-order valence-electron chi connectivity index (χ0n) is 13.8. The van der Waals surface area contributed by atoms with Gasteiger partial charge in [0, 0.05) is 25.1 Å². The molecule has 2 aromatic heterocycles. The molecule has 0 bridgehead atoms. The average molecular weight is 395 g/mol. The summed E-state index contributed by atoms with van der Waals surface area (Å²) in [6, 6.07) is 8.38. The number of anilines is 3. The first kappa shape index (κ1) is 20.2. The van der Waals surface area contributed by atoms with Crippen LogP contribution in [0.15, 0.2) is 55.0 Å². The van der Waals surface area contributed by atoms with E-state index in [-0.39, 0.29) is 23.9 Å². The van der Waals surface area contributed by atoms with Crippen molar-refractivity contribution >= 4 is 36.0 Å². The monoisotopic (exact) mass is 394 g/mol. The molecule has 0 saturated carbocycles. The summed E-state index contributed by atoms with van der Waals surface area (Å²) in [4.78, 5) is 20.5. The van der Waals surface area contributed by atoms with Crippen LogP contribution in [0.2, 0.25) is 0 Å². The average Bonchev–Trinajstić information content (AvgIpc) is 2.68. The predicted octanol–water partition coefficient (Wildman–Crippen LogP) is 4.22. The Morgan fingerprint density at radius 3 is 2.41 bits per heavy atom. The lowest BCUT2D eigenvalue weighted by Gasteiger charge is -2.21. The molecule has 0 spiro atoms. The van der Waals surface area contributed by atoms with Crippen LogP contribution in [-0.4, -0.2) is 16.4 Å². The van der Waals surface area contributed by atoms with Gasteiger partial charge >= 0.3 is 0 Å². The molecular formula is C18H14ClF3N4O. The second-order valence-corrected chi connectivity index (χ2v) is 5.25. The van der Waals surface area contributed by atoms with Crippen LogP contribution in [0.1, 0.15) is 5.56 Å². The smallest absolute Gasteiger partial charge is 0.218 e. The highest BCUT2D eigenvalue weighted by Gasteiger charge is 2.21. The number of hydrogen-bond donors (Lipinski definition) is 1. The third-order valence-corrected chi connectivity index (χ3v) is 3.64. The van der Waals surface area contributed by atoms with E-state index in [1.54, 1.807) is 30.6 Å². The first-order valence-electron chi connectivity index (χ1n) is 7.57. The lowest BCUT2D eigenvalue weighted by Crippen LogP contribution is -2.19. The third-order valence-electron chi connectivity index (χ3n) is 3.64. The van der Waals surface area contributed by atoms with Crippen molar-refractivity contribution in [3.63, 3.8) is 0 Å². The summed E-state index contributed by atoms with van der Waals surface area (Å²) < 4.78 is 40.8. The highest BCUT2D eigenvalue weighted by molar-refractivity contribution is 5.91. The fourth-order valence-corrected chi connectivity index (χ4v) is 2.36. The summed E-state index contributed by atoms with van der Waals surface area (Å²) in [5, 5.41) is 3.03. The number of rotatable bonds is 6. The van der Waals surface area contributed by atoms with Gasteiger partial charge in [0.2, 0.25) is 6.41 Å². The summed E-state index contributed by atoms with van der Waals surface area (Å²) in [5.74, 6) is -4.16. The van der Waals surface area contributed by atoms with Gasteiger partial charge in [-0.3, -0.25) is 14.7 Å². The fraction of sp³-hybridized carbons (Fsp3) is 0.0556. The molecule has 0 atom stereocenters. The minimum absolute atomic E-state index is 0. The van der Waals surface area contributed by atoms with E-state index in [0.29, 0.717) is 13.0 Å². The van der Waals surface area contributed by atoms with Crippen molar-refractivity contribution in [3.8, 4) is 0 Å². The second kappa shape index (κ2) is 9.00. The molecule has 1 aromatic carbocycles. The Bertz CT molecular complexity index is 928. The van der Waals surface area contributed by atoms with Crippen LogP contribution in [0.4, 0.5) is 30.4 Å². The molecule has 27 heavy (non-hydrogen) atoms. The van der Waals surface area contributed by atoms with Crippen LogP contribution in [0, 0.1) is 17.5 Å². The van der Waals surface area contributed by atoms with Gasteiger partial charge in [-0.2, -0.15) is 0 Å². The summed E-state index contributed by atoms with van der Waals surface area (Å²) in [6.07, 6.45) is 5.06. The maximum Gasteiger partial charge on any atom is 0.218 e. The molecule has 3 rings (SSSR count). The number of halogens is 4. The number of carbonyl (C=O) groups is 1. The number of aromatic nitrogens is 2. The van der Waals surface area contributed by atoms with Gasteiger partial charge in [0.25, 0.3) is 0 Å². The number of hydrogen-bond acceptors (Lipinski definition) is 4. The Kier molecular flexibility index (Phi) is 6.73. The quantitative estimate of drug-likeness (QED) is 0.502. The van der Waals surface area contributed by atoms with Crippen LogP contribution >= 0.6 is 12.4 Å². The van der Waals surface area contributed by atoms with E-state index in [2.05, 4.69) is 15.3 Å². The summed E-state index contributed by atoms with van der Waals surface area (Å²) in [5.41, 5.74) is 0.689. The molecule has 0 saturated heterocycles. The lowest BCUT2D eigenvalue weighted by molar-refractivity contribution is -0.106. The number of carbonyl (C=O) groups excluding carboxylic acids is 1. The van der Waals surface area contributed by atoms with E-state index in [9.17, 15) is 18.0 Å². The molecule has 0 fully saturated rings. The van der Waals surface area contributed by atoms with Gasteiger partial charge in [-0.1, -0.05) is 0 Å². The fourth-order valence-electron chi connectivity index (χ4n) is 2.36. The molecule has 1 N–H and O–H groups in total. The molecule has 0 aliphatic carbocycles. The van der Waals surface area contributed by atoms with Crippen molar-refractivity contribution < 1.29 is 18.0 Å². The van der Waals surface area contributed by atoms with Crippen molar-refractivity contribution in [2.45, 2.75) is 6.54 Å². The molecule has 2 heterocycles. The zero-order valence-corrected chi connectivity index (χ0v) is 14.6. The van der Waals surface area contributed by atoms with Crippen molar-refractivity contribution in [2.75, 3.05) is 10.2 Å². The maximum absolute atomic E-state index is 14.1. The Morgan fingerprint density at radius 2 is 1.70 bits per heavy atom. The van der Waals surface area contributed by atoms with Crippen molar-refractivity contribution in [2.24, 2.45) is 0 Å². The van der Waals surface area contributed by atoms with Crippen LogP contribution in [0.5, 0.6) is 0 Å². The highest BCUT2D eigenvalue weighted by Crippen LogP contribution is 2.32. The summed E-state index contributed by atoms with van der Waals surface area (Å²) in [7, 11) is 0. The molecule has 140 valence electrons. The first-order valence-corrected chi connectivity index (χ1v) is 7.57. The Morgan fingerprint density at radius 1 is 0.963 bits per heavy atom. The highest BCUT2D eigenvalue weighted by atomic mass is 35.5. The van der Waals surface area contributed by atoms with Gasteiger partial charge < -0.3 is 5.32 Å². The Labute approximate surface area is 159 Å². The van der Waals surface area contributed by atoms with Gasteiger partial charge in [0.1, 0.15) is 0 Å². The molecule has 0 radical (unpaired) electrons. The van der Waals surface area contributed by atoms with Crippen molar-refractivity contribution in [3.05, 3.63) is 78.0 Å². The van der Waals surface area contributed by atoms with E-state index < -0.39 is 23.1 Å². The molecule has 0 aliphatic rings. The maximum atomic E-state index is 14.1. The molecular weight excluding hydrogens is 381 g/mol. The lowest BCUT2D eigenvalue weighted by atomic mass is 10.2. The Balaban J connectivity index is 0.00000261. The number of benzene rings is 1. The molecule has 5 nitrogen and oxygen atoms in total. The predicted molar refractivity (Wildman–Crippen MR) is 97.6 cm³/mol. The first-order chi connectivity index (χ1) is 12.6. The largest absolute Gasteiger partial charge is 0.364 e. The summed E-state index contributed by atoms with van der Waals surface area (Å²) >= 11 is 0. The van der Waals surface area contributed by atoms with E-state index in [0.717, 1.165) is 22.6 Å². The number of amides is 1. The summed E-state index contributed by atoms with van der Waals surface area (Å²) in [6.45, 7) is 0.374. The zero-order chi connectivity index (χ0) is 18.5. The van der Waals surface area contributed by atoms with Crippen LogP contribution in [0.3, 0.4) is 0 Å². The van der Waals surface area contributed by atoms with E-state index in [1.807, 2.05) is 0 Å². The van der Waals surface area contributed by atoms with Gasteiger partial charge in [-0.15, -0.1) is 12.4 Å². The van der Waals surface area contributed by atoms with Gasteiger partial charge in [-0.05, 0) is 42.0 Å². The number of pyridine rings is 2. The SMILES string of the molecule is Cl.O=CN(c1cccnc1NCc1ccncc1)c1ccc(F)c(F)c1F. The second-order valence-electron chi connectivity index (χ2n) is 5.25. The number of nitrogens with zero attached hydrogens (tertiary/aromatic N) is 3. The van der Waals surface area contributed by atoms with Crippen LogP contribution in [0.25, 0.3) is 0 Å². The van der Waals surface area contributed by atoms with Gasteiger partial charge in [0.05, 0.1) is 11.4 Å². The number of nitrogens with one attached hydrogen (secondary N) is 1. The standard InChI is InChI=1S/C18H13F3N4O.ClH/c19-13-3-4-14(17(21)16(13)20)25(11-26)15-2-1-7-23-18(15)24-10-12-5-8-22-9-6-12;/h1-9,11H,10H2,(H,23,24);1H. The van der Waals surface area contributed by atoms with Crippen molar-refractivity contribution in [1.29, 1.82) is 0 Å². The van der Waals surface area contributed by atoms with Gasteiger partial charge in [-0.25, -0.2) is 18.2 Å². The van der Waals surface area contributed by atoms with Crippen molar-refractivity contribution in [1.82, 2.24) is 9.97 Å². The van der Waals surface area contributed by atoms with Crippen LogP contribution < -0.4 is 10.2 Å². The van der Waals surface area contributed by atoms with E-state index in [1.165, 1.54) is 12.3 Å².